The predicted molar refractivity (Wildman–Crippen MR) is 74.3 cm³/mol. The highest BCUT2D eigenvalue weighted by Crippen LogP contribution is 2.14. The summed E-state index contributed by atoms with van der Waals surface area (Å²) in [4.78, 5) is 13.5. The van der Waals surface area contributed by atoms with Gasteiger partial charge in [-0.2, -0.15) is 0 Å². The molecule has 0 saturated carbocycles. The zero-order valence-electron chi connectivity index (χ0n) is 11.4. The molecule has 0 bridgehead atoms. The van der Waals surface area contributed by atoms with Gasteiger partial charge in [-0.3, -0.25) is 4.79 Å². The number of primary amides is 1. The minimum Gasteiger partial charge on any atom is -0.368 e. The predicted octanol–water partition coefficient (Wildman–Crippen LogP) is 0.927. The van der Waals surface area contributed by atoms with E-state index in [-0.39, 0.29) is 5.91 Å². The number of nitrogens with zero attached hydrogens (tertiary/aromatic N) is 1. The first kappa shape index (κ1) is 14.7. The van der Waals surface area contributed by atoms with Crippen molar-refractivity contribution in [2.24, 2.45) is 5.73 Å². The quantitative estimate of drug-likeness (QED) is 0.755. The number of aryl methyl sites for hydroxylation is 1. The van der Waals surface area contributed by atoms with E-state index in [1.807, 2.05) is 38.4 Å². The Morgan fingerprint density at radius 3 is 2.39 bits per heavy atom. The second-order valence-electron chi connectivity index (χ2n) is 4.69. The summed E-state index contributed by atoms with van der Waals surface area (Å²) >= 11 is 0. The summed E-state index contributed by atoms with van der Waals surface area (Å²) in [6.07, 6.45) is 0.996. The lowest BCUT2D eigenvalue weighted by molar-refractivity contribution is -0.120. The van der Waals surface area contributed by atoms with Crippen molar-refractivity contribution in [2.75, 3.05) is 27.2 Å². The van der Waals surface area contributed by atoms with Crippen LogP contribution in [-0.4, -0.2) is 38.0 Å². The summed E-state index contributed by atoms with van der Waals surface area (Å²) in [6, 6.07) is 7.61. The zero-order valence-corrected chi connectivity index (χ0v) is 11.4. The topological polar surface area (TPSA) is 58.4 Å². The minimum atomic E-state index is -0.407. The van der Waals surface area contributed by atoms with E-state index >= 15 is 0 Å². The van der Waals surface area contributed by atoms with Crippen molar-refractivity contribution in [2.45, 2.75) is 19.4 Å². The van der Waals surface area contributed by atoms with Crippen LogP contribution < -0.4 is 11.1 Å². The first-order valence-corrected chi connectivity index (χ1v) is 6.31. The highest BCUT2D eigenvalue weighted by atomic mass is 16.1. The van der Waals surface area contributed by atoms with E-state index in [4.69, 9.17) is 5.73 Å². The number of carbonyl (C=O) groups is 1. The Morgan fingerprint density at radius 1 is 1.33 bits per heavy atom. The van der Waals surface area contributed by atoms with Crippen molar-refractivity contribution in [3.8, 4) is 0 Å². The van der Waals surface area contributed by atoms with E-state index in [0.29, 0.717) is 0 Å². The van der Waals surface area contributed by atoms with Gasteiger partial charge in [-0.1, -0.05) is 31.2 Å². The molecular weight excluding hydrogens is 226 g/mol. The largest absolute Gasteiger partial charge is 0.368 e. The van der Waals surface area contributed by atoms with Crippen molar-refractivity contribution in [1.82, 2.24) is 10.2 Å². The number of hydrogen-bond donors (Lipinski definition) is 2. The maximum absolute atomic E-state index is 11.5. The molecule has 0 saturated heterocycles. The lowest BCUT2D eigenvalue weighted by Crippen LogP contribution is -2.37. The molecule has 0 heterocycles. The van der Waals surface area contributed by atoms with Crippen molar-refractivity contribution in [3.05, 3.63) is 35.4 Å². The summed E-state index contributed by atoms with van der Waals surface area (Å²) in [5.74, 6) is -0.335. The molecule has 0 spiro atoms. The molecule has 0 aliphatic carbocycles. The van der Waals surface area contributed by atoms with Gasteiger partial charge < -0.3 is 16.0 Å². The van der Waals surface area contributed by atoms with Crippen LogP contribution in [0.4, 0.5) is 0 Å². The monoisotopic (exact) mass is 249 g/mol. The van der Waals surface area contributed by atoms with Gasteiger partial charge in [0, 0.05) is 13.1 Å². The highest BCUT2D eigenvalue weighted by Gasteiger charge is 2.16. The molecule has 1 aromatic carbocycles. The third-order valence-electron chi connectivity index (χ3n) is 2.91. The molecule has 1 rings (SSSR count). The Morgan fingerprint density at radius 2 is 1.94 bits per heavy atom. The number of hydrogen-bond acceptors (Lipinski definition) is 3. The number of amides is 1. The summed E-state index contributed by atoms with van der Waals surface area (Å²) in [7, 11) is 3.99. The van der Waals surface area contributed by atoms with Gasteiger partial charge in [-0.05, 0) is 31.6 Å². The van der Waals surface area contributed by atoms with E-state index < -0.39 is 6.04 Å². The van der Waals surface area contributed by atoms with Crippen LogP contribution in [0.15, 0.2) is 24.3 Å². The minimum absolute atomic E-state index is 0.335. The Labute approximate surface area is 109 Å². The average Bonchev–Trinajstić information content (AvgIpc) is 2.34. The first-order chi connectivity index (χ1) is 8.54. The SMILES string of the molecule is CCc1ccc(C(NCCN(C)C)C(N)=O)cc1. The second-order valence-corrected chi connectivity index (χ2v) is 4.69. The molecule has 4 heteroatoms. The molecule has 0 radical (unpaired) electrons. The fourth-order valence-corrected chi connectivity index (χ4v) is 1.76. The molecule has 1 amide bonds. The van der Waals surface area contributed by atoms with Crippen LogP contribution in [0.25, 0.3) is 0 Å². The Bertz CT molecular complexity index is 373. The number of nitrogens with one attached hydrogen (secondary N) is 1. The fraction of sp³-hybridized carbons (Fsp3) is 0.500. The van der Waals surface area contributed by atoms with Crippen LogP contribution in [0.3, 0.4) is 0 Å². The lowest BCUT2D eigenvalue weighted by atomic mass is 10.0. The Kier molecular flexibility index (Phi) is 5.82. The van der Waals surface area contributed by atoms with Crippen LogP contribution in [0, 0.1) is 0 Å². The van der Waals surface area contributed by atoms with Crippen LogP contribution in [-0.2, 0) is 11.2 Å². The van der Waals surface area contributed by atoms with Gasteiger partial charge in [-0.15, -0.1) is 0 Å². The van der Waals surface area contributed by atoms with Crippen molar-refractivity contribution < 1.29 is 4.79 Å². The van der Waals surface area contributed by atoms with Crippen molar-refractivity contribution in [1.29, 1.82) is 0 Å². The number of rotatable bonds is 7. The molecule has 1 aromatic rings. The van der Waals surface area contributed by atoms with Gasteiger partial charge in [0.2, 0.25) is 5.91 Å². The maximum atomic E-state index is 11.5. The van der Waals surface area contributed by atoms with Gasteiger partial charge in [0.15, 0.2) is 0 Å². The van der Waals surface area contributed by atoms with Gasteiger partial charge in [0.25, 0.3) is 0 Å². The number of likely N-dealkylation sites (N-methyl/N-ethyl adjacent to an activating group) is 1. The molecule has 0 aliphatic heterocycles. The van der Waals surface area contributed by atoms with E-state index in [1.165, 1.54) is 5.56 Å². The molecule has 0 aromatic heterocycles. The highest BCUT2D eigenvalue weighted by molar-refractivity contribution is 5.81. The van der Waals surface area contributed by atoms with E-state index in [0.717, 1.165) is 25.1 Å². The Hall–Kier alpha value is -1.39. The third-order valence-corrected chi connectivity index (χ3v) is 2.91. The van der Waals surface area contributed by atoms with Gasteiger partial charge in [0.1, 0.15) is 6.04 Å². The van der Waals surface area contributed by atoms with Gasteiger partial charge in [0.05, 0.1) is 0 Å². The maximum Gasteiger partial charge on any atom is 0.239 e. The molecule has 1 unspecified atom stereocenters. The lowest BCUT2D eigenvalue weighted by Gasteiger charge is -2.18. The summed E-state index contributed by atoms with van der Waals surface area (Å²) in [5.41, 5.74) is 7.63. The third kappa shape index (κ3) is 4.47. The molecule has 0 fully saturated rings. The van der Waals surface area contributed by atoms with E-state index in [9.17, 15) is 4.79 Å². The average molecular weight is 249 g/mol. The fourth-order valence-electron chi connectivity index (χ4n) is 1.76. The van der Waals surface area contributed by atoms with Crippen molar-refractivity contribution >= 4 is 5.91 Å². The smallest absolute Gasteiger partial charge is 0.239 e. The first-order valence-electron chi connectivity index (χ1n) is 6.31. The second kappa shape index (κ2) is 7.13. The van der Waals surface area contributed by atoms with E-state index in [1.54, 1.807) is 0 Å². The molecule has 18 heavy (non-hydrogen) atoms. The standard InChI is InChI=1S/C14H23N3O/c1-4-11-5-7-12(8-6-11)13(14(15)18)16-9-10-17(2)3/h5-8,13,16H,4,9-10H2,1-3H3,(H2,15,18). The molecule has 3 N–H and O–H groups in total. The zero-order chi connectivity index (χ0) is 13.5. The molecule has 0 aliphatic rings. The summed E-state index contributed by atoms with van der Waals surface area (Å²) in [6.45, 7) is 3.71. The van der Waals surface area contributed by atoms with Crippen LogP contribution in [0.5, 0.6) is 0 Å². The van der Waals surface area contributed by atoms with E-state index in [2.05, 4.69) is 17.1 Å². The number of carbonyl (C=O) groups excluding carboxylic acids is 1. The summed E-state index contributed by atoms with van der Waals surface area (Å²) in [5, 5.41) is 3.19. The molecule has 4 nitrogen and oxygen atoms in total. The molecule has 1 atom stereocenters. The Balaban J connectivity index is 2.68. The molecular formula is C14H23N3O. The summed E-state index contributed by atoms with van der Waals surface area (Å²) < 4.78 is 0. The van der Waals surface area contributed by atoms with Gasteiger partial charge in [-0.25, -0.2) is 0 Å². The van der Waals surface area contributed by atoms with Crippen LogP contribution in [0.2, 0.25) is 0 Å². The normalized spacial score (nSPS) is 12.7. The van der Waals surface area contributed by atoms with Crippen molar-refractivity contribution in [3.63, 3.8) is 0 Å². The number of nitrogens with two attached hydrogens (primary N) is 1. The van der Waals surface area contributed by atoms with Crippen LogP contribution >= 0.6 is 0 Å². The number of benzene rings is 1. The van der Waals surface area contributed by atoms with Gasteiger partial charge >= 0.3 is 0 Å². The molecule has 100 valence electrons. The van der Waals surface area contributed by atoms with Crippen LogP contribution in [0.1, 0.15) is 24.1 Å².